The van der Waals surface area contributed by atoms with Crippen LogP contribution in [0.2, 0.25) is 0 Å². The number of alkyl carbamates (subject to hydrolysis) is 1. The molecule has 0 radical (unpaired) electrons. The Balaban J connectivity index is 1.90. The lowest BCUT2D eigenvalue weighted by Gasteiger charge is -2.40. The number of pyridine rings is 1. The Morgan fingerprint density at radius 1 is 1.21 bits per heavy atom. The highest BCUT2D eigenvalue weighted by atomic mass is 19.4. The van der Waals surface area contributed by atoms with Crippen molar-refractivity contribution in [3.05, 3.63) is 36.0 Å². The van der Waals surface area contributed by atoms with Gasteiger partial charge in [-0.05, 0) is 57.9 Å². The zero-order valence-corrected chi connectivity index (χ0v) is 17.0. The number of hydrogen-bond acceptors (Lipinski definition) is 4. The normalized spacial score (nSPS) is 20.6. The van der Waals surface area contributed by atoms with Crippen molar-refractivity contribution in [2.45, 2.75) is 51.9 Å². The molecule has 1 aliphatic rings. The zero-order valence-electron chi connectivity index (χ0n) is 17.0. The Morgan fingerprint density at radius 2 is 1.93 bits per heavy atom. The van der Waals surface area contributed by atoms with Crippen LogP contribution in [0.1, 0.15) is 32.8 Å². The number of nitrogens with zero attached hydrogens (tertiary/aromatic N) is 2. The quantitative estimate of drug-likeness (QED) is 0.772. The third-order valence-corrected chi connectivity index (χ3v) is 4.92. The van der Waals surface area contributed by atoms with Crippen LogP contribution >= 0.6 is 0 Å². The monoisotopic (exact) mass is 409 g/mol. The number of piperidine rings is 1. The Bertz CT molecular complexity index is 893. The Kier molecular flexibility index (Phi) is 5.65. The minimum atomic E-state index is -4.36. The summed E-state index contributed by atoms with van der Waals surface area (Å²) in [7, 11) is 0. The number of carbonyl (C=O) groups is 1. The van der Waals surface area contributed by atoms with Gasteiger partial charge in [0.25, 0.3) is 0 Å². The minimum Gasteiger partial charge on any atom is -0.444 e. The number of benzene rings is 1. The maximum absolute atomic E-state index is 13.6. The van der Waals surface area contributed by atoms with Crippen molar-refractivity contribution in [1.29, 1.82) is 0 Å². The van der Waals surface area contributed by atoms with Gasteiger partial charge in [0.1, 0.15) is 5.60 Å². The average Bonchev–Trinajstić information content (AvgIpc) is 2.59. The predicted molar refractivity (Wildman–Crippen MR) is 106 cm³/mol. The first kappa shape index (κ1) is 21.2. The number of aromatic nitrogens is 1. The largest absolute Gasteiger partial charge is 0.444 e. The van der Waals surface area contributed by atoms with E-state index in [1.807, 2.05) is 25.1 Å². The summed E-state index contributed by atoms with van der Waals surface area (Å²) in [6.45, 7) is 7.15. The summed E-state index contributed by atoms with van der Waals surface area (Å²) in [6.07, 6.45) is -3.58. The molecule has 2 heterocycles. The van der Waals surface area contributed by atoms with Crippen LogP contribution in [0.3, 0.4) is 0 Å². The van der Waals surface area contributed by atoms with E-state index in [9.17, 15) is 18.0 Å². The maximum atomic E-state index is 13.6. The highest BCUT2D eigenvalue weighted by Gasteiger charge is 2.45. The van der Waals surface area contributed by atoms with Gasteiger partial charge in [0.05, 0.1) is 17.5 Å². The molecule has 0 aliphatic carbocycles. The van der Waals surface area contributed by atoms with Crippen LogP contribution in [0, 0.1) is 12.8 Å². The molecular weight excluding hydrogens is 383 g/mol. The van der Waals surface area contributed by atoms with E-state index in [4.69, 9.17) is 4.74 Å². The van der Waals surface area contributed by atoms with Crippen molar-refractivity contribution >= 4 is 22.7 Å². The van der Waals surface area contributed by atoms with Gasteiger partial charge < -0.3 is 15.0 Å². The first-order valence-electron chi connectivity index (χ1n) is 9.59. The van der Waals surface area contributed by atoms with E-state index < -0.39 is 29.8 Å². The maximum Gasteiger partial charge on any atom is 0.407 e. The standard InChI is InChI=1S/C21H26F3N3O2/c1-13-7-8-17(16-6-5-9-25-18(13)16)27-11-14(21(22,23)24)10-15(12-27)26-19(28)29-20(2,3)4/h5-9,14-15H,10-12H2,1-4H3,(H,26,28). The fourth-order valence-corrected chi connectivity index (χ4v) is 3.69. The van der Waals surface area contributed by atoms with Crippen molar-refractivity contribution in [2.75, 3.05) is 18.0 Å². The van der Waals surface area contributed by atoms with Crippen LogP contribution < -0.4 is 10.2 Å². The van der Waals surface area contributed by atoms with Crippen molar-refractivity contribution in [2.24, 2.45) is 5.92 Å². The molecule has 29 heavy (non-hydrogen) atoms. The van der Waals surface area contributed by atoms with Crippen molar-refractivity contribution in [1.82, 2.24) is 10.3 Å². The van der Waals surface area contributed by atoms with Gasteiger partial charge in [-0.15, -0.1) is 0 Å². The van der Waals surface area contributed by atoms with Gasteiger partial charge in [-0.3, -0.25) is 4.98 Å². The summed E-state index contributed by atoms with van der Waals surface area (Å²) in [5.41, 5.74) is 1.68. The van der Waals surface area contributed by atoms with Crippen LogP contribution in [0.15, 0.2) is 30.5 Å². The lowest BCUT2D eigenvalue weighted by molar-refractivity contribution is -0.177. The van der Waals surface area contributed by atoms with Gasteiger partial charge in [0, 0.05) is 30.4 Å². The number of ether oxygens (including phenoxy) is 1. The van der Waals surface area contributed by atoms with Gasteiger partial charge in [0.15, 0.2) is 0 Å². The number of alkyl halides is 3. The molecule has 0 spiro atoms. The summed E-state index contributed by atoms with van der Waals surface area (Å²) >= 11 is 0. The van der Waals surface area contributed by atoms with Crippen LogP contribution in [0.5, 0.6) is 0 Å². The van der Waals surface area contributed by atoms with E-state index in [1.165, 1.54) is 0 Å². The number of hydrogen-bond donors (Lipinski definition) is 1. The Labute approximate surface area is 168 Å². The van der Waals surface area contributed by atoms with Gasteiger partial charge in [-0.2, -0.15) is 13.2 Å². The third-order valence-electron chi connectivity index (χ3n) is 4.92. The van der Waals surface area contributed by atoms with Crippen LogP contribution in [-0.2, 0) is 4.74 Å². The molecule has 2 unspecified atom stereocenters. The molecule has 1 aliphatic heterocycles. The fraction of sp³-hybridized carbons (Fsp3) is 0.524. The van der Waals surface area contributed by atoms with E-state index in [-0.39, 0.29) is 19.5 Å². The average molecular weight is 409 g/mol. The minimum absolute atomic E-state index is 0.164. The first-order valence-corrected chi connectivity index (χ1v) is 9.59. The first-order chi connectivity index (χ1) is 13.4. The van der Waals surface area contributed by atoms with Crippen molar-refractivity contribution < 1.29 is 22.7 Å². The number of carbonyl (C=O) groups excluding carboxylic acids is 1. The molecule has 5 nitrogen and oxygen atoms in total. The number of nitrogens with one attached hydrogen (secondary N) is 1. The van der Waals surface area contributed by atoms with E-state index >= 15 is 0 Å². The van der Waals surface area contributed by atoms with Crippen molar-refractivity contribution in [3.63, 3.8) is 0 Å². The zero-order chi connectivity index (χ0) is 21.4. The Hall–Kier alpha value is -2.51. The molecule has 2 aromatic rings. The van der Waals surface area contributed by atoms with Gasteiger partial charge in [0.2, 0.25) is 0 Å². The highest BCUT2D eigenvalue weighted by molar-refractivity contribution is 5.93. The molecule has 1 amide bonds. The smallest absolute Gasteiger partial charge is 0.407 e. The summed E-state index contributed by atoms with van der Waals surface area (Å²) in [6, 6.07) is 6.63. The fourth-order valence-electron chi connectivity index (χ4n) is 3.69. The van der Waals surface area contributed by atoms with E-state index in [0.717, 1.165) is 16.5 Å². The summed E-state index contributed by atoms with van der Waals surface area (Å²) in [5.74, 6) is -1.55. The van der Waals surface area contributed by atoms with Gasteiger partial charge >= 0.3 is 12.3 Å². The summed E-state index contributed by atoms with van der Waals surface area (Å²) in [4.78, 5) is 18.2. The lowest BCUT2D eigenvalue weighted by Crippen LogP contribution is -2.54. The molecular formula is C21H26F3N3O2. The predicted octanol–water partition coefficient (Wildman–Crippen LogP) is 4.83. The second kappa shape index (κ2) is 7.72. The molecule has 1 saturated heterocycles. The summed E-state index contributed by atoms with van der Waals surface area (Å²) in [5, 5.41) is 3.42. The molecule has 1 N–H and O–H groups in total. The molecule has 2 atom stereocenters. The number of anilines is 1. The molecule has 0 saturated carbocycles. The lowest BCUT2D eigenvalue weighted by atomic mass is 9.92. The second-order valence-corrected chi connectivity index (χ2v) is 8.52. The molecule has 0 bridgehead atoms. The van der Waals surface area contributed by atoms with E-state index in [0.29, 0.717) is 5.69 Å². The highest BCUT2D eigenvalue weighted by Crippen LogP contribution is 2.37. The second-order valence-electron chi connectivity index (χ2n) is 8.52. The summed E-state index contributed by atoms with van der Waals surface area (Å²) < 4.78 is 46.1. The molecule has 158 valence electrons. The SMILES string of the molecule is Cc1ccc(N2CC(NC(=O)OC(C)(C)C)CC(C(F)(F)F)C2)c2cccnc12. The van der Waals surface area contributed by atoms with E-state index in [1.54, 1.807) is 37.9 Å². The third kappa shape index (κ3) is 5.10. The van der Waals surface area contributed by atoms with E-state index in [2.05, 4.69) is 10.3 Å². The Morgan fingerprint density at radius 3 is 2.59 bits per heavy atom. The molecule has 3 rings (SSSR count). The van der Waals surface area contributed by atoms with Gasteiger partial charge in [-0.25, -0.2) is 4.79 Å². The molecule has 8 heteroatoms. The molecule has 1 aromatic heterocycles. The molecule has 1 fully saturated rings. The number of amides is 1. The topological polar surface area (TPSA) is 54.5 Å². The van der Waals surface area contributed by atoms with Crippen molar-refractivity contribution in [3.8, 4) is 0 Å². The van der Waals surface area contributed by atoms with Crippen LogP contribution in [0.25, 0.3) is 10.9 Å². The van der Waals surface area contributed by atoms with Gasteiger partial charge in [-0.1, -0.05) is 6.07 Å². The number of fused-ring (bicyclic) bond motifs is 1. The number of rotatable bonds is 2. The van der Waals surface area contributed by atoms with Crippen LogP contribution in [0.4, 0.5) is 23.7 Å². The van der Waals surface area contributed by atoms with Crippen LogP contribution in [-0.4, -0.2) is 42.0 Å². The molecule has 1 aromatic carbocycles. The number of aryl methyl sites for hydroxylation is 1. The number of halogens is 3.